The van der Waals surface area contributed by atoms with Gasteiger partial charge in [-0.15, -0.1) is 0 Å². The summed E-state index contributed by atoms with van der Waals surface area (Å²) in [6.07, 6.45) is -4.54. The summed E-state index contributed by atoms with van der Waals surface area (Å²) >= 11 is 0. The smallest absolute Gasteiger partial charge is 0.422 e. The molecule has 0 saturated heterocycles. The van der Waals surface area contributed by atoms with Crippen molar-refractivity contribution in [2.24, 2.45) is 0 Å². The van der Waals surface area contributed by atoms with Crippen LogP contribution in [0.1, 0.15) is 10.4 Å². The molecule has 0 aliphatic heterocycles. The maximum Gasteiger partial charge on any atom is 0.422 e. The third-order valence-electron chi connectivity index (χ3n) is 4.18. The van der Waals surface area contributed by atoms with Gasteiger partial charge in [-0.25, -0.2) is 4.79 Å². The van der Waals surface area contributed by atoms with Gasteiger partial charge in [0, 0.05) is 27.3 Å². The molecule has 1 unspecified atom stereocenters. The molecule has 6 heteroatoms. The molecule has 27 heavy (non-hydrogen) atoms. The molecule has 1 atom stereocenters. The minimum absolute atomic E-state index is 0.124. The van der Waals surface area contributed by atoms with Gasteiger partial charge in [0.1, 0.15) is 0 Å². The molecule has 0 aliphatic rings. The number of thiophene rings is 1. The van der Waals surface area contributed by atoms with Crippen LogP contribution >= 0.6 is 10.5 Å². The van der Waals surface area contributed by atoms with Gasteiger partial charge < -0.3 is 4.74 Å². The molecule has 2 nitrogen and oxygen atoms in total. The maximum absolute atomic E-state index is 12.3. The molecule has 0 spiro atoms. The van der Waals surface area contributed by atoms with E-state index in [0.717, 1.165) is 25.1 Å². The van der Waals surface area contributed by atoms with E-state index in [9.17, 15) is 18.0 Å². The summed E-state index contributed by atoms with van der Waals surface area (Å²) in [5.74, 6) is -0.970. The first-order valence-corrected chi connectivity index (χ1v) is 9.43. The Morgan fingerprint density at radius 3 is 2.26 bits per heavy atom. The molecular weight excluding hydrogens is 373 g/mol. The number of carbonyl (C=O) groups excluding carboxylic acids is 1. The summed E-state index contributed by atoms with van der Waals surface area (Å²) in [5.41, 5.74) is 0.124. The van der Waals surface area contributed by atoms with Crippen molar-refractivity contribution in [1.29, 1.82) is 0 Å². The summed E-state index contributed by atoms with van der Waals surface area (Å²) < 4.78 is 43.5. The third kappa shape index (κ3) is 3.40. The Labute approximate surface area is 155 Å². The molecule has 0 fully saturated rings. The van der Waals surface area contributed by atoms with Crippen LogP contribution in [0, 0.1) is 0 Å². The van der Waals surface area contributed by atoms with E-state index in [1.807, 2.05) is 54.6 Å². The molecule has 0 bridgehead atoms. The maximum atomic E-state index is 12.3. The van der Waals surface area contributed by atoms with E-state index in [2.05, 4.69) is 4.74 Å². The third-order valence-corrected chi connectivity index (χ3v) is 6.50. The summed E-state index contributed by atoms with van der Waals surface area (Å²) in [5, 5.41) is 2.07. The average molecular weight is 387 g/mol. The monoisotopic (exact) mass is 387 g/mol. The van der Waals surface area contributed by atoms with Crippen LogP contribution in [-0.2, 0) is 4.74 Å². The van der Waals surface area contributed by atoms with Gasteiger partial charge in [0.2, 0.25) is 0 Å². The summed E-state index contributed by atoms with van der Waals surface area (Å²) in [6.45, 7) is -1.59. The fourth-order valence-electron chi connectivity index (χ4n) is 3.07. The number of hydrogen-bond donors (Lipinski definition) is 0. The first kappa shape index (κ1) is 17.5. The van der Waals surface area contributed by atoms with E-state index in [0.29, 0.717) is 0 Å². The Morgan fingerprint density at radius 1 is 0.852 bits per heavy atom. The lowest BCUT2D eigenvalue weighted by Crippen LogP contribution is -2.20. The molecule has 1 heterocycles. The standard InChI is InChI=1S/C21H14F3O2S/c22-21(23,24)13-26-20(25)14-10-11-17-16-8-4-5-9-18(16)27(19(17)12-14)15-6-2-1-3-7-15/h1-12H,13H2/q+1. The second-order valence-corrected chi connectivity index (χ2v) is 7.98. The molecule has 0 saturated carbocycles. The van der Waals surface area contributed by atoms with Crippen LogP contribution in [-0.4, -0.2) is 18.8 Å². The van der Waals surface area contributed by atoms with Crippen molar-refractivity contribution in [3.63, 3.8) is 0 Å². The lowest BCUT2D eigenvalue weighted by Gasteiger charge is -2.07. The molecule has 4 rings (SSSR count). The average Bonchev–Trinajstić information content (AvgIpc) is 3.00. The van der Waals surface area contributed by atoms with E-state index in [1.165, 1.54) is 6.07 Å². The van der Waals surface area contributed by atoms with Crippen LogP contribution in [0.5, 0.6) is 0 Å². The normalized spacial score (nSPS) is 12.5. The highest BCUT2D eigenvalue weighted by molar-refractivity contribution is 7.50. The fraction of sp³-hybridized carbons (Fsp3) is 0.0952. The number of rotatable bonds is 3. The van der Waals surface area contributed by atoms with Gasteiger partial charge in [0.05, 0.1) is 5.56 Å². The predicted molar refractivity (Wildman–Crippen MR) is 102 cm³/mol. The molecule has 0 radical (unpaired) electrons. The van der Waals surface area contributed by atoms with Crippen molar-refractivity contribution in [1.82, 2.24) is 0 Å². The van der Waals surface area contributed by atoms with E-state index in [4.69, 9.17) is 0 Å². The predicted octanol–water partition coefficient (Wildman–Crippen LogP) is 6.45. The first-order valence-electron chi connectivity index (χ1n) is 8.21. The van der Waals surface area contributed by atoms with Gasteiger partial charge in [0.25, 0.3) is 0 Å². The number of halogens is 3. The number of hydrogen-bond acceptors (Lipinski definition) is 2. The molecule has 0 N–H and O–H groups in total. The highest BCUT2D eigenvalue weighted by Crippen LogP contribution is 2.48. The van der Waals surface area contributed by atoms with Crippen LogP contribution in [0.3, 0.4) is 0 Å². The van der Waals surface area contributed by atoms with Crippen molar-refractivity contribution in [2.45, 2.75) is 6.18 Å². The molecule has 3 aromatic carbocycles. The SMILES string of the molecule is O=C(OCC(F)(F)F)c1ccc2c3ccccc3[s+](-c3ccccc3)c2c1. The van der Waals surface area contributed by atoms with Gasteiger partial charge in [-0.3, -0.25) is 0 Å². The molecule has 4 aromatic rings. The molecule has 1 aromatic heterocycles. The van der Waals surface area contributed by atoms with Gasteiger partial charge in [-0.1, -0.05) is 30.3 Å². The van der Waals surface area contributed by atoms with Gasteiger partial charge in [-0.2, -0.15) is 13.2 Å². The zero-order valence-corrected chi connectivity index (χ0v) is 14.8. The largest absolute Gasteiger partial charge is 0.452 e. The van der Waals surface area contributed by atoms with Crippen molar-refractivity contribution in [3.8, 4) is 4.90 Å². The van der Waals surface area contributed by atoms with Gasteiger partial charge in [-0.05, 0) is 36.4 Å². The Hall–Kier alpha value is -2.86. The van der Waals surface area contributed by atoms with Crippen molar-refractivity contribution in [2.75, 3.05) is 6.61 Å². The highest BCUT2D eigenvalue weighted by Gasteiger charge is 2.30. The van der Waals surface area contributed by atoms with Crippen molar-refractivity contribution in [3.05, 3.63) is 78.4 Å². The lowest BCUT2D eigenvalue weighted by atomic mass is 10.1. The Bertz CT molecular complexity index is 1130. The zero-order valence-electron chi connectivity index (χ0n) is 14.0. The van der Waals surface area contributed by atoms with Gasteiger partial charge in [0.15, 0.2) is 20.9 Å². The Kier molecular flexibility index (Phi) is 4.36. The molecule has 0 aliphatic carbocycles. The number of benzene rings is 3. The summed E-state index contributed by atoms with van der Waals surface area (Å²) in [7, 11) is -0.418. The van der Waals surface area contributed by atoms with Crippen molar-refractivity contribution < 1.29 is 22.7 Å². The Morgan fingerprint density at radius 2 is 1.52 bits per heavy atom. The number of esters is 1. The van der Waals surface area contributed by atoms with Gasteiger partial charge >= 0.3 is 12.1 Å². The van der Waals surface area contributed by atoms with Crippen LogP contribution in [0.2, 0.25) is 0 Å². The summed E-state index contributed by atoms with van der Waals surface area (Å²) in [4.78, 5) is 13.2. The van der Waals surface area contributed by atoms with E-state index in [1.54, 1.807) is 12.1 Å². The van der Waals surface area contributed by atoms with Crippen LogP contribution in [0.25, 0.3) is 25.1 Å². The highest BCUT2D eigenvalue weighted by atomic mass is 32.2. The number of alkyl halides is 3. The number of fused-ring (bicyclic) bond motifs is 3. The molecular formula is C21H14F3O2S+. The van der Waals surface area contributed by atoms with Crippen LogP contribution < -0.4 is 0 Å². The van der Waals surface area contributed by atoms with Crippen molar-refractivity contribution >= 4 is 36.6 Å². The van der Waals surface area contributed by atoms with Crippen LogP contribution in [0.15, 0.2) is 72.8 Å². The molecule has 136 valence electrons. The summed E-state index contributed by atoms with van der Waals surface area (Å²) in [6, 6.07) is 22.8. The topological polar surface area (TPSA) is 26.3 Å². The number of ether oxygens (including phenoxy) is 1. The lowest BCUT2D eigenvalue weighted by molar-refractivity contribution is -0.161. The number of carbonyl (C=O) groups is 1. The second-order valence-electron chi connectivity index (χ2n) is 6.02. The van der Waals surface area contributed by atoms with E-state index < -0.39 is 29.2 Å². The fourth-order valence-corrected chi connectivity index (χ4v) is 5.50. The Balaban J connectivity index is 1.88. The zero-order chi connectivity index (χ0) is 19.0. The van der Waals surface area contributed by atoms with Crippen LogP contribution in [0.4, 0.5) is 13.2 Å². The minimum atomic E-state index is -4.54. The van der Waals surface area contributed by atoms with E-state index in [-0.39, 0.29) is 5.56 Å². The molecule has 0 amide bonds. The minimum Gasteiger partial charge on any atom is -0.452 e. The quantitative estimate of drug-likeness (QED) is 0.298. The first-order chi connectivity index (χ1) is 12.9. The second kappa shape index (κ2) is 6.70. The van der Waals surface area contributed by atoms with E-state index >= 15 is 0 Å².